The molecule has 0 aliphatic rings. The fraction of sp³-hybridized carbons (Fsp3) is 0.588. The van der Waals surface area contributed by atoms with E-state index in [0.29, 0.717) is 18.1 Å². The Bertz CT molecular complexity index is 404. The Balaban J connectivity index is 2.57. The average molecular weight is 277 g/mol. The topological polar surface area (TPSA) is 38.3 Å². The van der Waals surface area contributed by atoms with E-state index in [0.717, 1.165) is 25.1 Å². The van der Waals surface area contributed by atoms with Crippen LogP contribution >= 0.6 is 0 Å². The number of hydrogen-bond acceptors (Lipinski definition) is 3. The molecule has 1 N–H and O–H groups in total. The second-order valence-electron chi connectivity index (χ2n) is 5.09. The van der Waals surface area contributed by atoms with Crippen LogP contribution in [0.25, 0.3) is 0 Å². The molecule has 0 spiro atoms. The molecule has 1 unspecified atom stereocenters. The Morgan fingerprint density at radius 3 is 2.65 bits per heavy atom. The molecule has 0 aliphatic carbocycles. The first-order valence-corrected chi connectivity index (χ1v) is 7.72. The van der Waals surface area contributed by atoms with Crippen LogP contribution in [0.1, 0.15) is 56.8 Å². The summed E-state index contributed by atoms with van der Waals surface area (Å²) in [7, 11) is 0. The predicted octanol–water partition coefficient (Wildman–Crippen LogP) is 4.49. The number of hydrogen-bond donors (Lipinski definition) is 1. The third kappa shape index (κ3) is 5.24. The number of nitrogens with one attached hydrogen (secondary N) is 1. The first-order valence-electron chi connectivity index (χ1n) is 7.72. The summed E-state index contributed by atoms with van der Waals surface area (Å²) in [4.78, 5) is 12.2. The summed E-state index contributed by atoms with van der Waals surface area (Å²) in [5, 5.41) is 3.19. The average Bonchev–Trinajstić information content (AvgIpc) is 2.48. The van der Waals surface area contributed by atoms with Crippen LogP contribution in [0, 0.1) is 5.92 Å². The van der Waals surface area contributed by atoms with Gasteiger partial charge in [0, 0.05) is 12.2 Å². The van der Waals surface area contributed by atoms with Gasteiger partial charge in [0.2, 0.25) is 0 Å². The number of anilines is 1. The van der Waals surface area contributed by atoms with E-state index in [9.17, 15) is 4.79 Å². The summed E-state index contributed by atoms with van der Waals surface area (Å²) in [6.07, 6.45) is 4.58. The van der Waals surface area contributed by atoms with E-state index in [-0.39, 0.29) is 5.97 Å². The third-order valence-corrected chi connectivity index (χ3v) is 3.51. The number of ether oxygens (including phenoxy) is 1. The van der Waals surface area contributed by atoms with Crippen LogP contribution in [0.5, 0.6) is 0 Å². The van der Waals surface area contributed by atoms with Gasteiger partial charge in [-0.25, -0.2) is 4.79 Å². The second kappa shape index (κ2) is 9.40. The SMILES string of the molecule is CCCCC(CC)COC(=O)c1ccccc1NCC. The molecule has 0 saturated heterocycles. The van der Waals surface area contributed by atoms with Gasteiger partial charge in [-0.05, 0) is 31.4 Å². The molecule has 0 bridgehead atoms. The van der Waals surface area contributed by atoms with Crippen LogP contribution in [-0.2, 0) is 4.74 Å². The maximum absolute atomic E-state index is 12.2. The molecule has 0 radical (unpaired) electrons. The van der Waals surface area contributed by atoms with Gasteiger partial charge in [-0.1, -0.05) is 45.2 Å². The highest BCUT2D eigenvalue weighted by Gasteiger charge is 2.14. The highest BCUT2D eigenvalue weighted by atomic mass is 16.5. The Morgan fingerprint density at radius 2 is 2.00 bits per heavy atom. The molecule has 1 aromatic carbocycles. The largest absolute Gasteiger partial charge is 0.462 e. The van der Waals surface area contributed by atoms with Crippen molar-refractivity contribution in [1.82, 2.24) is 0 Å². The standard InChI is InChI=1S/C17H27NO2/c1-4-7-10-14(5-2)13-20-17(19)15-11-8-9-12-16(15)18-6-3/h8-9,11-12,14,18H,4-7,10,13H2,1-3H3. The van der Waals surface area contributed by atoms with Crippen molar-refractivity contribution in [2.24, 2.45) is 5.92 Å². The van der Waals surface area contributed by atoms with E-state index in [1.165, 1.54) is 12.8 Å². The number of benzene rings is 1. The van der Waals surface area contributed by atoms with Crippen LogP contribution in [0.4, 0.5) is 5.69 Å². The van der Waals surface area contributed by atoms with Crippen LogP contribution in [0.2, 0.25) is 0 Å². The lowest BCUT2D eigenvalue weighted by atomic mass is 10.0. The van der Waals surface area contributed by atoms with Crippen molar-refractivity contribution in [2.75, 3.05) is 18.5 Å². The van der Waals surface area contributed by atoms with Crippen LogP contribution < -0.4 is 5.32 Å². The van der Waals surface area contributed by atoms with E-state index in [2.05, 4.69) is 19.2 Å². The smallest absolute Gasteiger partial charge is 0.340 e. The third-order valence-electron chi connectivity index (χ3n) is 3.51. The van der Waals surface area contributed by atoms with Gasteiger partial charge in [-0.15, -0.1) is 0 Å². The summed E-state index contributed by atoms with van der Waals surface area (Å²) in [5.41, 5.74) is 1.47. The minimum atomic E-state index is -0.225. The highest BCUT2D eigenvalue weighted by Crippen LogP contribution is 2.18. The maximum Gasteiger partial charge on any atom is 0.340 e. The summed E-state index contributed by atoms with van der Waals surface area (Å²) >= 11 is 0. The molecule has 3 nitrogen and oxygen atoms in total. The van der Waals surface area contributed by atoms with Gasteiger partial charge in [-0.2, -0.15) is 0 Å². The molecule has 0 aromatic heterocycles. The summed E-state index contributed by atoms with van der Waals surface area (Å²) in [5.74, 6) is 0.252. The minimum Gasteiger partial charge on any atom is -0.462 e. The van der Waals surface area contributed by atoms with Crippen LogP contribution in [-0.4, -0.2) is 19.1 Å². The van der Waals surface area contributed by atoms with E-state index < -0.39 is 0 Å². The lowest BCUT2D eigenvalue weighted by Gasteiger charge is -2.16. The van der Waals surface area contributed by atoms with Gasteiger partial charge >= 0.3 is 5.97 Å². The molecular weight excluding hydrogens is 250 g/mol. The summed E-state index contributed by atoms with van der Waals surface area (Å²) < 4.78 is 5.49. The quantitative estimate of drug-likeness (QED) is 0.676. The first-order chi connectivity index (χ1) is 9.72. The highest BCUT2D eigenvalue weighted by molar-refractivity contribution is 5.95. The van der Waals surface area contributed by atoms with Crippen molar-refractivity contribution in [1.29, 1.82) is 0 Å². The lowest BCUT2D eigenvalue weighted by Crippen LogP contribution is -2.15. The van der Waals surface area contributed by atoms with Gasteiger partial charge < -0.3 is 10.1 Å². The summed E-state index contributed by atoms with van der Waals surface area (Å²) in [6.45, 7) is 7.67. The Hall–Kier alpha value is -1.51. The predicted molar refractivity (Wildman–Crippen MR) is 84.2 cm³/mol. The molecular formula is C17H27NO2. The van der Waals surface area contributed by atoms with Gasteiger partial charge in [-0.3, -0.25) is 0 Å². The molecule has 112 valence electrons. The van der Waals surface area contributed by atoms with Crippen molar-refractivity contribution in [3.8, 4) is 0 Å². The number of unbranched alkanes of at least 4 members (excludes halogenated alkanes) is 1. The number of rotatable bonds is 9. The fourth-order valence-electron chi connectivity index (χ4n) is 2.18. The monoisotopic (exact) mass is 277 g/mol. The van der Waals surface area contributed by atoms with Crippen molar-refractivity contribution in [2.45, 2.75) is 46.5 Å². The maximum atomic E-state index is 12.2. The van der Waals surface area contributed by atoms with Crippen molar-refractivity contribution in [3.63, 3.8) is 0 Å². The normalized spacial score (nSPS) is 11.9. The van der Waals surface area contributed by atoms with Crippen molar-refractivity contribution < 1.29 is 9.53 Å². The number of esters is 1. The van der Waals surface area contributed by atoms with Crippen molar-refractivity contribution >= 4 is 11.7 Å². The summed E-state index contributed by atoms with van der Waals surface area (Å²) in [6, 6.07) is 7.51. The first kappa shape index (κ1) is 16.5. The second-order valence-corrected chi connectivity index (χ2v) is 5.09. The van der Waals surface area contributed by atoms with Gasteiger partial charge in [0.05, 0.1) is 12.2 Å². The molecule has 0 fully saturated rings. The molecule has 0 amide bonds. The molecule has 0 aliphatic heterocycles. The van der Waals surface area contributed by atoms with Gasteiger partial charge in [0.15, 0.2) is 0 Å². The zero-order chi connectivity index (χ0) is 14.8. The zero-order valence-corrected chi connectivity index (χ0v) is 12.9. The van der Waals surface area contributed by atoms with Gasteiger partial charge in [0.25, 0.3) is 0 Å². The van der Waals surface area contributed by atoms with Crippen molar-refractivity contribution in [3.05, 3.63) is 29.8 Å². The molecule has 1 atom stereocenters. The molecule has 1 aromatic rings. The minimum absolute atomic E-state index is 0.225. The van der Waals surface area contributed by atoms with E-state index in [1.807, 2.05) is 31.2 Å². The van der Waals surface area contributed by atoms with Crippen LogP contribution in [0.15, 0.2) is 24.3 Å². The molecule has 1 rings (SSSR count). The number of carbonyl (C=O) groups is 1. The lowest BCUT2D eigenvalue weighted by molar-refractivity contribution is 0.0429. The Labute approximate surface area is 122 Å². The zero-order valence-electron chi connectivity index (χ0n) is 12.9. The molecule has 0 heterocycles. The van der Waals surface area contributed by atoms with Gasteiger partial charge in [0.1, 0.15) is 0 Å². The van der Waals surface area contributed by atoms with Crippen LogP contribution in [0.3, 0.4) is 0 Å². The number of para-hydroxylation sites is 1. The Morgan fingerprint density at radius 1 is 1.25 bits per heavy atom. The fourth-order valence-corrected chi connectivity index (χ4v) is 2.18. The van der Waals surface area contributed by atoms with E-state index >= 15 is 0 Å². The molecule has 3 heteroatoms. The molecule has 20 heavy (non-hydrogen) atoms. The van der Waals surface area contributed by atoms with E-state index in [4.69, 9.17) is 4.74 Å². The van der Waals surface area contributed by atoms with E-state index in [1.54, 1.807) is 0 Å². The molecule has 0 saturated carbocycles. The number of carbonyl (C=O) groups excluding carboxylic acids is 1. The Kier molecular flexibility index (Phi) is 7.78.